The number of nitrogens with one attached hydrogen (secondary N) is 2. The van der Waals surface area contributed by atoms with Gasteiger partial charge >= 0.3 is 0 Å². The molecule has 3 aromatic rings. The Morgan fingerprint density at radius 2 is 1.96 bits per heavy atom. The average Bonchev–Trinajstić information content (AvgIpc) is 3.13. The van der Waals surface area contributed by atoms with Crippen LogP contribution in [0.4, 0.5) is 5.69 Å². The van der Waals surface area contributed by atoms with E-state index in [1.165, 1.54) is 0 Å². The Balaban J connectivity index is 1.54. The molecule has 2 heterocycles. The van der Waals surface area contributed by atoms with Gasteiger partial charge in [-0.25, -0.2) is 0 Å². The number of ether oxygens (including phenoxy) is 1. The molecule has 0 radical (unpaired) electrons. The number of hydrogen-bond donors (Lipinski definition) is 2. The molecular formula is C21H21N3O3. The third-order valence-corrected chi connectivity index (χ3v) is 4.90. The lowest BCUT2D eigenvalue weighted by Crippen LogP contribution is -2.50. The third kappa shape index (κ3) is 3.26. The lowest BCUT2D eigenvalue weighted by molar-refractivity contribution is -0.127. The second-order valence-corrected chi connectivity index (χ2v) is 6.55. The van der Waals surface area contributed by atoms with Crippen LogP contribution in [0.25, 0.3) is 10.9 Å². The van der Waals surface area contributed by atoms with Gasteiger partial charge in [-0.05, 0) is 30.2 Å². The van der Waals surface area contributed by atoms with Gasteiger partial charge in [-0.1, -0.05) is 30.3 Å². The minimum absolute atomic E-state index is 0.0232. The third-order valence-electron chi connectivity index (χ3n) is 4.90. The zero-order valence-electron chi connectivity index (χ0n) is 15.1. The van der Waals surface area contributed by atoms with Crippen LogP contribution in [0.15, 0.2) is 54.7 Å². The van der Waals surface area contributed by atoms with E-state index in [9.17, 15) is 9.59 Å². The molecule has 4 rings (SSSR count). The van der Waals surface area contributed by atoms with Gasteiger partial charge in [0, 0.05) is 30.6 Å². The number of likely N-dealkylation sites (N-methyl/N-ethyl adjacent to an activating group) is 1. The zero-order valence-corrected chi connectivity index (χ0v) is 15.1. The number of amides is 2. The molecule has 2 N–H and O–H groups in total. The summed E-state index contributed by atoms with van der Waals surface area (Å²) in [6.45, 7) is 0.212. The summed E-state index contributed by atoms with van der Waals surface area (Å²) in [5, 5.41) is 3.73. The van der Waals surface area contributed by atoms with E-state index in [-0.39, 0.29) is 18.4 Å². The number of benzene rings is 2. The van der Waals surface area contributed by atoms with E-state index in [0.29, 0.717) is 24.3 Å². The van der Waals surface area contributed by atoms with Gasteiger partial charge < -0.3 is 19.9 Å². The molecule has 0 saturated heterocycles. The van der Waals surface area contributed by atoms with E-state index in [4.69, 9.17) is 4.74 Å². The van der Waals surface area contributed by atoms with Gasteiger partial charge in [0.15, 0.2) is 6.10 Å². The summed E-state index contributed by atoms with van der Waals surface area (Å²) in [5.74, 6) is 0.293. The molecule has 0 bridgehead atoms. The van der Waals surface area contributed by atoms with Crippen molar-refractivity contribution in [1.82, 2.24) is 10.3 Å². The van der Waals surface area contributed by atoms with Crippen LogP contribution < -0.4 is 15.0 Å². The standard InChI is InChI=1S/C21H21N3O3/c1-22-21(26)19-13-24(17-8-4-5-9-18(17)27-19)20(25)11-10-14-12-23-16-7-3-2-6-15(14)16/h2-9,12,19,23H,10-11,13H2,1H3,(H,22,26)/t19-/m0/s1. The number of anilines is 1. The van der Waals surface area contributed by atoms with Gasteiger partial charge in [-0.15, -0.1) is 0 Å². The molecule has 2 aromatic carbocycles. The molecule has 0 fully saturated rings. The first-order chi connectivity index (χ1) is 13.2. The largest absolute Gasteiger partial charge is 0.477 e. The zero-order chi connectivity index (χ0) is 18.8. The highest BCUT2D eigenvalue weighted by Gasteiger charge is 2.33. The van der Waals surface area contributed by atoms with Gasteiger partial charge in [0.2, 0.25) is 5.91 Å². The summed E-state index contributed by atoms with van der Waals surface area (Å²) in [6.07, 6.45) is 2.24. The number of nitrogens with zero attached hydrogens (tertiary/aromatic N) is 1. The lowest BCUT2D eigenvalue weighted by atomic mass is 10.1. The van der Waals surface area contributed by atoms with Crippen LogP contribution in [-0.2, 0) is 16.0 Å². The monoisotopic (exact) mass is 363 g/mol. The summed E-state index contributed by atoms with van der Waals surface area (Å²) < 4.78 is 5.76. The summed E-state index contributed by atoms with van der Waals surface area (Å²) in [4.78, 5) is 29.9. The molecule has 2 amide bonds. The van der Waals surface area contributed by atoms with Crippen molar-refractivity contribution < 1.29 is 14.3 Å². The molecule has 0 aliphatic carbocycles. The molecule has 1 aliphatic rings. The minimum atomic E-state index is -0.707. The van der Waals surface area contributed by atoms with E-state index in [1.807, 2.05) is 42.6 Å². The molecule has 138 valence electrons. The fourth-order valence-corrected chi connectivity index (χ4v) is 3.48. The van der Waals surface area contributed by atoms with Crippen LogP contribution in [0.5, 0.6) is 5.75 Å². The second-order valence-electron chi connectivity index (χ2n) is 6.55. The van der Waals surface area contributed by atoms with Gasteiger partial charge in [0.05, 0.1) is 12.2 Å². The van der Waals surface area contributed by atoms with Crippen LogP contribution >= 0.6 is 0 Å². The number of carbonyl (C=O) groups is 2. The van der Waals surface area contributed by atoms with Crippen molar-refractivity contribution in [2.75, 3.05) is 18.5 Å². The maximum atomic E-state index is 13.0. The van der Waals surface area contributed by atoms with Crippen LogP contribution in [0.2, 0.25) is 0 Å². The Labute approximate surface area is 157 Å². The molecule has 1 aromatic heterocycles. The van der Waals surface area contributed by atoms with Crippen LogP contribution in [0.1, 0.15) is 12.0 Å². The average molecular weight is 363 g/mol. The van der Waals surface area contributed by atoms with E-state index in [2.05, 4.69) is 16.4 Å². The van der Waals surface area contributed by atoms with E-state index in [1.54, 1.807) is 18.0 Å². The summed E-state index contributed by atoms with van der Waals surface area (Å²) in [6, 6.07) is 15.4. The first-order valence-corrected chi connectivity index (χ1v) is 9.00. The maximum absolute atomic E-state index is 13.0. The normalized spacial score (nSPS) is 15.9. The van der Waals surface area contributed by atoms with E-state index in [0.717, 1.165) is 16.5 Å². The molecular weight excluding hydrogens is 342 g/mol. The molecule has 1 atom stereocenters. The highest BCUT2D eigenvalue weighted by Crippen LogP contribution is 2.33. The number of fused-ring (bicyclic) bond motifs is 2. The predicted octanol–water partition coefficient (Wildman–Crippen LogP) is 2.64. The lowest BCUT2D eigenvalue weighted by Gasteiger charge is -2.34. The van der Waals surface area contributed by atoms with E-state index < -0.39 is 6.10 Å². The number of hydrogen-bond acceptors (Lipinski definition) is 3. The molecule has 6 nitrogen and oxygen atoms in total. The minimum Gasteiger partial charge on any atom is -0.477 e. The van der Waals surface area contributed by atoms with Crippen molar-refractivity contribution in [2.24, 2.45) is 0 Å². The number of para-hydroxylation sites is 3. The van der Waals surface area contributed by atoms with Crippen LogP contribution in [0.3, 0.4) is 0 Å². The van der Waals surface area contributed by atoms with Crippen molar-refractivity contribution in [2.45, 2.75) is 18.9 Å². The van der Waals surface area contributed by atoms with Crippen molar-refractivity contribution in [3.8, 4) is 5.75 Å². The maximum Gasteiger partial charge on any atom is 0.262 e. The highest BCUT2D eigenvalue weighted by molar-refractivity contribution is 5.97. The van der Waals surface area contributed by atoms with E-state index >= 15 is 0 Å². The Kier molecular flexibility index (Phi) is 4.54. The SMILES string of the molecule is CNC(=O)[C@@H]1CN(C(=O)CCc2c[nH]c3ccccc23)c2ccccc2O1. The molecule has 6 heteroatoms. The Morgan fingerprint density at radius 1 is 1.19 bits per heavy atom. The van der Waals surface area contributed by atoms with Crippen molar-refractivity contribution in [1.29, 1.82) is 0 Å². The summed E-state index contributed by atoms with van der Waals surface area (Å²) >= 11 is 0. The predicted molar refractivity (Wildman–Crippen MR) is 104 cm³/mol. The number of carbonyl (C=O) groups excluding carboxylic acids is 2. The first kappa shape index (κ1) is 17.1. The number of H-pyrrole nitrogens is 1. The highest BCUT2D eigenvalue weighted by atomic mass is 16.5. The smallest absolute Gasteiger partial charge is 0.262 e. The van der Waals surface area contributed by atoms with Crippen molar-refractivity contribution in [3.05, 3.63) is 60.3 Å². The molecule has 27 heavy (non-hydrogen) atoms. The van der Waals surface area contributed by atoms with Gasteiger partial charge in [-0.2, -0.15) is 0 Å². The van der Waals surface area contributed by atoms with Crippen molar-refractivity contribution >= 4 is 28.4 Å². The Bertz CT molecular complexity index is 995. The topological polar surface area (TPSA) is 74.4 Å². The van der Waals surface area contributed by atoms with Gasteiger partial charge in [0.25, 0.3) is 5.91 Å². The summed E-state index contributed by atoms with van der Waals surface area (Å²) in [7, 11) is 1.56. The summed E-state index contributed by atoms with van der Waals surface area (Å²) in [5.41, 5.74) is 2.89. The fourth-order valence-electron chi connectivity index (χ4n) is 3.48. The number of aromatic nitrogens is 1. The van der Waals surface area contributed by atoms with Crippen LogP contribution in [-0.4, -0.2) is 36.5 Å². The number of rotatable bonds is 4. The molecule has 0 unspecified atom stereocenters. The molecule has 0 saturated carbocycles. The van der Waals surface area contributed by atoms with Gasteiger partial charge in [-0.3, -0.25) is 9.59 Å². The number of aromatic amines is 1. The van der Waals surface area contributed by atoms with Gasteiger partial charge in [0.1, 0.15) is 5.75 Å². The molecule has 0 spiro atoms. The Hall–Kier alpha value is -3.28. The second kappa shape index (κ2) is 7.15. The van der Waals surface area contributed by atoms with Crippen molar-refractivity contribution in [3.63, 3.8) is 0 Å². The number of aryl methyl sites for hydroxylation is 1. The molecule has 1 aliphatic heterocycles. The quantitative estimate of drug-likeness (QED) is 0.748. The first-order valence-electron chi connectivity index (χ1n) is 9.00. The Morgan fingerprint density at radius 3 is 2.81 bits per heavy atom. The van der Waals surface area contributed by atoms with Crippen LogP contribution in [0, 0.1) is 0 Å². The fraction of sp³-hybridized carbons (Fsp3) is 0.238.